The van der Waals surface area contributed by atoms with Crippen LogP contribution in [-0.4, -0.2) is 15.9 Å². The number of ether oxygens (including phenoxy) is 1. The van der Waals surface area contributed by atoms with Crippen molar-refractivity contribution in [1.29, 1.82) is 0 Å². The normalized spacial score (nSPS) is 10.9. The maximum atomic E-state index is 14.5. The van der Waals surface area contributed by atoms with Crippen LogP contribution in [0.5, 0.6) is 5.88 Å². The highest BCUT2D eigenvalue weighted by Gasteiger charge is 2.16. The second-order valence-electron chi connectivity index (χ2n) is 9.12. The molecule has 0 saturated heterocycles. The molecule has 0 fully saturated rings. The van der Waals surface area contributed by atoms with Crippen LogP contribution in [0.4, 0.5) is 4.39 Å². The third kappa shape index (κ3) is 8.57. The molecule has 0 atom stereocenters. The number of hydrogen-bond donors (Lipinski definition) is 0. The number of carbonyl (C=O) groups is 1. The summed E-state index contributed by atoms with van der Waals surface area (Å²) in [7, 11) is 0. The molecule has 186 valence electrons. The summed E-state index contributed by atoms with van der Waals surface area (Å²) < 4.78 is 19.8. The fraction of sp³-hybridized carbons (Fsp3) is 0.433. The Kier molecular flexibility index (Phi) is 10.9. The number of aromatic nitrogens is 2. The molecular formula is C30H37FN2O2. The summed E-state index contributed by atoms with van der Waals surface area (Å²) in [5.41, 5.74) is 3.75. The van der Waals surface area contributed by atoms with Crippen molar-refractivity contribution in [3.8, 4) is 17.1 Å². The quantitative estimate of drug-likeness (QED) is 0.174. The second-order valence-corrected chi connectivity index (χ2v) is 9.12. The van der Waals surface area contributed by atoms with Crippen molar-refractivity contribution in [1.82, 2.24) is 9.97 Å². The molecule has 3 aromatic rings. The van der Waals surface area contributed by atoms with Gasteiger partial charge in [-0.2, -0.15) is 0 Å². The number of hydrogen-bond acceptors (Lipinski definition) is 4. The predicted molar refractivity (Wildman–Crippen MR) is 139 cm³/mol. The Morgan fingerprint density at radius 1 is 0.771 bits per heavy atom. The molecule has 5 heteroatoms. The molecule has 0 saturated carbocycles. The lowest BCUT2D eigenvalue weighted by atomic mass is 10.0. The lowest BCUT2D eigenvalue weighted by Crippen LogP contribution is -2.12. The average Bonchev–Trinajstić information content (AvgIpc) is 2.87. The lowest BCUT2D eigenvalue weighted by molar-refractivity contribution is 0.0722. The Bertz CT molecular complexity index is 1050. The number of benzene rings is 2. The Hall–Kier alpha value is -3.08. The van der Waals surface area contributed by atoms with E-state index in [-0.39, 0.29) is 11.4 Å². The maximum Gasteiger partial charge on any atom is 0.347 e. The van der Waals surface area contributed by atoms with Crippen molar-refractivity contribution in [3.63, 3.8) is 0 Å². The van der Waals surface area contributed by atoms with Crippen molar-refractivity contribution in [2.45, 2.75) is 84.5 Å². The zero-order valence-electron chi connectivity index (χ0n) is 21.1. The third-order valence-electron chi connectivity index (χ3n) is 6.22. The fourth-order valence-corrected chi connectivity index (χ4v) is 4.08. The van der Waals surface area contributed by atoms with E-state index in [1.54, 1.807) is 12.3 Å². The second kappa shape index (κ2) is 14.3. The monoisotopic (exact) mass is 476 g/mol. The van der Waals surface area contributed by atoms with Crippen molar-refractivity contribution >= 4 is 5.97 Å². The van der Waals surface area contributed by atoms with Crippen molar-refractivity contribution in [3.05, 3.63) is 77.4 Å². The number of esters is 1. The fourth-order valence-electron chi connectivity index (χ4n) is 4.08. The van der Waals surface area contributed by atoms with Crippen molar-refractivity contribution in [2.75, 3.05) is 0 Å². The van der Waals surface area contributed by atoms with Gasteiger partial charge in [0.2, 0.25) is 5.88 Å². The predicted octanol–water partition coefficient (Wildman–Crippen LogP) is 8.14. The van der Waals surface area contributed by atoms with Crippen LogP contribution in [0.25, 0.3) is 11.3 Å². The Morgan fingerprint density at radius 3 is 2.03 bits per heavy atom. The first-order valence-electron chi connectivity index (χ1n) is 13.0. The van der Waals surface area contributed by atoms with E-state index in [0.29, 0.717) is 5.69 Å². The van der Waals surface area contributed by atoms with E-state index < -0.39 is 11.8 Å². The van der Waals surface area contributed by atoms with Gasteiger partial charge in [-0.1, -0.05) is 89.1 Å². The smallest absolute Gasteiger partial charge is 0.347 e. The maximum absolute atomic E-state index is 14.5. The van der Waals surface area contributed by atoms with Gasteiger partial charge in [0.25, 0.3) is 0 Å². The van der Waals surface area contributed by atoms with Crippen LogP contribution in [0.15, 0.2) is 54.9 Å². The molecule has 0 unspecified atom stereocenters. The molecule has 0 spiro atoms. The van der Waals surface area contributed by atoms with Crippen LogP contribution in [0.3, 0.4) is 0 Å². The van der Waals surface area contributed by atoms with Crippen LogP contribution < -0.4 is 4.74 Å². The number of rotatable bonds is 14. The van der Waals surface area contributed by atoms with Crippen molar-refractivity contribution in [2.24, 2.45) is 0 Å². The van der Waals surface area contributed by atoms with Crippen LogP contribution in [0.2, 0.25) is 0 Å². The van der Waals surface area contributed by atoms with Gasteiger partial charge in [0.1, 0.15) is 5.82 Å². The lowest BCUT2D eigenvalue weighted by Gasteiger charge is -2.08. The van der Waals surface area contributed by atoms with Gasteiger partial charge in [0.15, 0.2) is 0 Å². The highest BCUT2D eigenvalue weighted by atomic mass is 19.1. The van der Waals surface area contributed by atoms with Gasteiger partial charge < -0.3 is 4.74 Å². The van der Waals surface area contributed by atoms with E-state index in [1.165, 1.54) is 68.8 Å². The molecule has 2 aromatic carbocycles. The Morgan fingerprint density at radius 2 is 1.40 bits per heavy atom. The zero-order valence-corrected chi connectivity index (χ0v) is 21.1. The summed E-state index contributed by atoms with van der Waals surface area (Å²) in [4.78, 5) is 21.0. The summed E-state index contributed by atoms with van der Waals surface area (Å²) in [6.07, 6.45) is 15.6. The summed E-state index contributed by atoms with van der Waals surface area (Å²) in [5.74, 6) is -1.29. The van der Waals surface area contributed by atoms with Gasteiger partial charge in [0, 0.05) is 5.56 Å². The summed E-state index contributed by atoms with van der Waals surface area (Å²) in [5, 5.41) is 0. The van der Waals surface area contributed by atoms with E-state index in [2.05, 4.69) is 35.9 Å². The molecule has 0 N–H and O–H groups in total. The van der Waals surface area contributed by atoms with Gasteiger partial charge in [-0.05, 0) is 48.9 Å². The number of aryl methyl sites for hydroxylation is 2. The molecule has 1 aromatic heterocycles. The van der Waals surface area contributed by atoms with E-state index in [9.17, 15) is 9.18 Å². The van der Waals surface area contributed by atoms with Gasteiger partial charge in [-0.3, -0.25) is 0 Å². The number of carbonyl (C=O) groups excluding carboxylic acids is 1. The number of halogens is 1. The molecule has 0 amide bonds. The van der Waals surface area contributed by atoms with Gasteiger partial charge >= 0.3 is 5.97 Å². The topological polar surface area (TPSA) is 52.1 Å². The minimum atomic E-state index is -0.772. The molecule has 35 heavy (non-hydrogen) atoms. The SMILES string of the molecule is CCCCCCCc1ccc(C(=O)Oc2cnc(-c3ccc(CCCCCC)cc3)cn2)c(F)c1. The van der Waals surface area contributed by atoms with Gasteiger partial charge in [-0.15, -0.1) is 0 Å². The van der Waals surface area contributed by atoms with Gasteiger partial charge in [0.05, 0.1) is 23.7 Å². The van der Waals surface area contributed by atoms with Crippen molar-refractivity contribution < 1.29 is 13.9 Å². The number of unbranched alkanes of at least 4 members (excludes halogenated alkanes) is 7. The van der Waals surface area contributed by atoms with Crippen LogP contribution >= 0.6 is 0 Å². The minimum Gasteiger partial charge on any atom is -0.402 e. The Labute approximate surface area is 209 Å². The average molecular weight is 477 g/mol. The summed E-state index contributed by atoms with van der Waals surface area (Å²) in [6, 6.07) is 13.0. The third-order valence-corrected chi connectivity index (χ3v) is 6.22. The summed E-state index contributed by atoms with van der Waals surface area (Å²) >= 11 is 0. The first-order chi connectivity index (χ1) is 17.1. The van der Waals surface area contributed by atoms with E-state index in [0.717, 1.165) is 36.8 Å². The molecule has 0 radical (unpaired) electrons. The van der Waals surface area contributed by atoms with E-state index >= 15 is 0 Å². The molecule has 0 bridgehead atoms. The van der Waals surface area contributed by atoms with E-state index in [1.807, 2.05) is 12.1 Å². The van der Waals surface area contributed by atoms with Gasteiger partial charge in [-0.25, -0.2) is 19.2 Å². The molecule has 4 nitrogen and oxygen atoms in total. The molecule has 0 aliphatic carbocycles. The standard InChI is InChI=1S/C30H37FN2O2/c1-3-5-7-9-11-13-24-16-19-26(27(31)20-24)30(34)35-29-22-32-28(21-33-29)25-17-14-23(15-18-25)12-10-8-6-4-2/h14-22H,3-13H2,1-2H3. The number of nitrogens with zero attached hydrogens (tertiary/aromatic N) is 2. The van der Waals surface area contributed by atoms with Crippen LogP contribution in [0.1, 0.15) is 93.1 Å². The minimum absolute atomic E-state index is 0.0469. The largest absolute Gasteiger partial charge is 0.402 e. The summed E-state index contributed by atoms with van der Waals surface area (Å²) in [6.45, 7) is 4.40. The molecule has 3 rings (SSSR count). The molecule has 1 heterocycles. The van der Waals surface area contributed by atoms with Crippen LogP contribution in [0, 0.1) is 5.82 Å². The molecule has 0 aliphatic heterocycles. The zero-order chi connectivity index (χ0) is 24.9. The first-order valence-corrected chi connectivity index (χ1v) is 13.0. The van der Waals surface area contributed by atoms with Crippen LogP contribution in [-0.2, 0) is 12.8 Å². The highest BCUT2D eigenvalue weighted by molar-refractivity contribution is 5.91. The van der Waals surface area contributed by atoms with E-state index in [4.69, 9.17) is 4.74 Å². The molecular weight excluding hydrogens is 439 g/mol. The molecule has 0 aliphatic rings. The highest BCUT2D eigenvalue weighted by Crippen LogP contribution is 2.20. The Balaban J connectivity index is 1.53. The first kappa shape index (κ1) is 26.5.